The highest BCUT2D eigenvalue weighted by atomic mass is 16.4. The molecule has 0 fully saturated rings. The Hall–Kier alpha value is -4.19. The van der Waals surface area contributed by atoms with Gasteiger partial charge < -0.3 is 10.4 Å². The lowest BCUT2D eigenvalue weighted by Crippen LogP contribution is -2.24. The molecule has 1 heterocycles. The minimum Gasteiger partial charge on any atom is -0.478 e. The van der Waals surface area contributed by atoms with E-state index in [2.05, 4.69) is 16.5 Å². The standard InChI is InChI=1S/C25H21N3O3/c29-24(30)11-10-21-9-7-19(17-28-13-3-12-27-28)15-23(21)25(31)26-16-18-6-8-20-4-1-2-5-22(20)14-18/h1-15H,16-17H2,(H,26,31)(H,29,30)/b11-10+. The quantitative estimate of drug-likeness (QED) is 0.448. The van der Waals surface area contributed by atoms with Crippen molar-refractivity contribution >= 4 is 28.7 Å². The van der Waals surface area contributed by atoms with E-state index in [4.69, 9.17) is 5.11 Å². The van der Waals surface area contributed by atoms with Gasteiger partial charge in [0.05, 0.1) is 6.54 Å². The second-order valence-electron chi connectivity index (χ2n) is 7.16. The molecular formula is C25H21N3O3. The van der Waals surface area contributed by atoms with Gasteiger partial charge >= 0.3 is 5.97 Å². The Bertz CT molecular complexity index is 1260. The summed E-state index contributed by atoms with van der Waals surface area (Å²) >= 11 is 0. The van der Waals surface area contributed by atoms with Crippen LogP contribution in [0.25, 0.3) is 16.8 Å². The molecule has 0 radical (unpaired) electrons. The van der Waals surface area contributed by atoms with Gasteiger partial charge in [0.2, 0.25) is 0 Å². The third kappa shape index (κ3) is 5.05. The topological polar surface area (TPSA) is 84.2 Å². The minimum absolute atomic E-state index is 0.263. The van der Waals surface area contributed by atoms with E-state index in [0.717, 1.165) is 28.0 Å². The number of hydrogen-bond donors (Lipinski definition) is 2. The van der Waals surface area contributed by atoms with Gasteiger partial charge in [0.15, 0.2) is 0 Å². The molecule has 0 bridgehead atoms. The number of benzene rings is 3. The number of rotatable bonds is 7. The highest BCUT2D eigenvalue weighted by Gasteiger charge is 2.12. The predicted octanol–water partition coefficient (Wildman–Crippen LogP) is 4.11. The number of carbonyl (C=O) groups excluding carboxylic acids is 1. The summed E-state index contributed by atoms with van der Waals surface area (Å²) in [6.45, 7) is 0.885. The van der Waals surface area contributed by atoms with Gasteiger partial charge in [0.25, 0.3) is 5.91 Å². The zero-order chi connectivity index (χ0) is 21.6. The number of carboxylic acid groups (broad SMARTS) is 1. The maximum absolute atomic E-state index is 13.0. The van der Waals surface area contributed by atoms with Crippen molar-refractivity contribution in [2.45, 2.75) is 13.1 Å². The molecule has 0 atom stereocenters. The van der Waals surface area contributed by atoms with Gasteiger partial charge in [-0.15, -0.1) is 0 Å². The van der Waals surface area contributed by atoms with Crippen LogP contribution >= 0.6 is 0 Å². The lowest BCUT2D eigenvalue weighted by atomic mass is 10.0. The van der Waals surface area contributed by atoms with Crippen LogP contribution in [0, 0.1) is 0 Å². The number of hydrogen-bond acceptors (Lipinski definition) is 3. The molecule has 1 aromatic heterocycles. The fourth-order valence-corrected chi connectivity index (χ4v) is 3.41. The Morgan fingerprint density at radius 3 is 2.55 bits per heavy atom. The molecule has 6 nitrogen and oxygen atoms in total. The Morgan fingerprint density at radius 1 is 0.968 bits per heavy atom. The molecule has 1 amide bonds. The van der Waals surface area contributed by atoms with Gasteiger partial charge in [0.1, 0.15) is 0 Å². The summed E-state index contributed by atoms with van der Waals surface area (Å²) in [5, 5.41) is 18.4. The number of aliphatic carboxylic acids is 1. The Kier molecular flexibility index (Phi) is 5.89. The third-order valence-corrected chi connectivity index (χ3v) is 4.94. The molecule has 2 N–H and O–H groups in total. The van der Waals surface area contributed by atoms with Gasteiger partial charge in [-0.05, 0) is 51.7 Å². The van der Waals surface area contributed by atoms with Crippen LogP contribution < -0.4 is 5.32 Å². The average molecular weight is 411 g/mol. The van der Waals surface area contributed by atoms with Crippen molar-refractivity contribution in [3.63, 3.8) is 0 Å². The lowest BCUT2D eigenvalue weighted by Gasteiger charge is -2.11. The first kappa shape index (κ1) is 20.1. The van der Waals surface area contributed by atoms with E-state index in [0.29, 0.717) is 24.2 Å². The fourth-order valence-electron chi connectivity index (χ4n) is 3.41. The summed E-state index contributed by atoms with van der Waals surface area (Å²) in [7, 11) is 0. The van der Waals surface area contributed by atoms with Crippen molar-refractivity contribution in [3.05, 3.63) is 107 Å². The van der Waals surface area contributed by atoms with Gasteiger partial charge in [-0.1, -0.05) is 48.5 Å². The molecule has 0 spiro atoms. The zero-order valence-electron chi connectivity index (χ0n) is 16.7. The number of carbonyl (C=O) groups is 2. The maximum Gasteiger partial charge on any atom is 0.328 e. The number of fused-ring (bicyclic) bond motifs is 1. The van der Waals surface area contributed by atoms with Gasteiger partial charge in [-0.3, -0.25) is 9.48 Å². The number of carboxylic acids is 1. The van der Waals surface area contributed by atoms with Crippen LogP contribution in [0.1, 0.15) is 27.0 Å². The molecule has 0 aliphatic rings. The Balaban J connectivity index is 1.56. The van der Waals surface area contributed by atoms with Crippen molar-refractivity contribution in [3.8, 4) is 0 Å². The van der Waals surface area contributed by atoms with Crippen LogP contribution in [-0.2, 0) is 17.9 Å². The van der Waals surface area contributed by atoms with Gasteiger partial charge in [-0.2, -0.15) is 5.10 Å². The third-order valence-electron chi connectivity index (χ3n) is 4.94. The molecule has 4 aromatic rings. The summed E-state index contributed by atoms with van der Waals surface area (Å²) in [5.74, 6) is -1.33. The van der Waals surface area contributed by atoms with Crippen molar-refractivity contribution < 1.29 is 14.7 Å². The summed E-state index contributed by atoms with van der Waals surface area (Å²) in [5.41, 5.74) is 2.85. The smallest absolute Gasteiger partial charge is 0.328 e. The van der Waals surface area contributed by atoms with Crippen molar-refractivity contribution in [2.75, 3.05) is 0 Å². The largest absolute Gasteiger partial charge is 0.478 e. The van der Waals surface area contributed by atoms with Crippen LogP contribution in [0.15, 0.2) is 85.2 Å². The van der Waals surface area contributed by atoms with Crippen LogP contribution in [0.2, 0.25) is 0 Å². The first-order chi connectivity index (χ1) is 15.1. The van der Waals surface area contributed by atoms with Crippen molar-refractivity contribution in [2.24, 2.45) is 0 Å². The fraction of sp³-hybridized carbons (Fsp3) is 0.0800. The van der Waals surface area contributed by atoms with Crippen molar-refractivity contribution in [1.82, 2.24) is 15.1 Å². The van der Waals surface area contributed by atoms with Crippen molar-refractivity contribution in [1.29, 1.82) is 0 Å². The molecule has 0 unspecified atom stereocenters. The predicted molar refractivity (Wildman–Crippen MR) is 120 cm³/mol. The van der Waals surface area contributed by atoms with Crippen LogP contribution in [0.5, 0.6) is 0 Å². The van der Waals surface area contributed by atoms with Gasteiger partial charge in [0, 0.05) is 30.6 Å². The molecular weight excluding hydrogens is 390 g/mol. The van der Waals surface area contributed by atoms with E-state index >= 15 is 0 Å². The number of nitrogens with zero attached hydrogens (tertiary/aromatic N) is 2. The van der Waals surface area contributed by atoms with E-state index in [1.54, 1.807) is 23.0 Å². The summed E-state index contributed by atoms with van der Waals surface area (Å²) in [6, 6.07) is 21.4. The molecule has 154 valence electrons. The molecule has 0 aliphatic carbocycles. The molecule has 31 heavy (non-hydrogen) atoms. The molecule has 0 saturated carbocycles. The van der Waals surface area contributed by atoms with Crippen LogP contribution in [0.4, 0.5) is 0 Å². The molecule has 4 rings (SSSR count). The van der Waals surface area contributed by atoms with Crippen LogP contribution in [-0.4, -0.2) is 26.8 Å². The molecule has 3 aromatic carbocycles. The normalized spacial score (nSPS) is 11.1. The second-order valence-corrected chi connectivity index (χ2v) is 7.16. The monoisotopic (exact) mass is 411 g/mol. The number of amides is 1. The maximum atomic E-state index is 13.0. The zero-order valence-corrected chi connectivity index (χ0v) is 16.7. The average Bonchev–Trinajstić information content (AvgIpc) is 3.29. The summed E-state index contributed by atoms with van der Waals surface area (Å²) in [6.07, 6.45) is 6.01. The Labute approximate surface area is 179 Å². The Morgan fingerprint density at radius 2 is 1.77 bits per heavy atom. The van der Waals surface area contributed by atoms with E-state index in [1.165, 1.54) is 6.08 Å². The van der Waals surface area contributed by atoms with E-state index in [-0.39, 0.29) is 5.91 Å². The van der Waals surface area contributed by atoms with Gasteiger partial charge in [-0.25, -0.2) is 4.79 Å². The van der Waals surface area contributed by atoms with E-state index < -0.39 is 5.97 Å². The summed E-state index contributed by atoms with van der Waals surface area (Å²) < 4.78 is 1.76. The van der Waals surface area contributed by atoms with E-state index in [9.17, 15) is 9.59 Å². The number of nitrogens with one attached hydrogen (secondary N) is 1. The SMILES string of the molecule is O=C(O)/C=C/c1ccc(Cn2cccn2)cc1C(=O)NCc1ccc2ccccc2c1. The molecule has 0 saturated heterocycles. The molecule has 0 aliphatic heterocycles. The minimum atomic E-state index is -1.07. The first-order valence-electron chi connectivity index (χ1n) is 9.86. The highest BCUT2D eigenvalue weighted by Crippen LogP contribution is 2.18. The summed E-state index contributed by atoms with van der Waals surface area (Å²) in [4.78, 5) is 23.9. The first-order valence-corrected chi connectivity index (χ1v) is 9.86. The number of aromatic nitrogens is 2. The van der Waals surface area contributed by atoms with Crippen LogP contribution in [0.3, 0.4) is 0 Å². The molecule has 6 heteroatoms. The lowest BCUT2D eigenvalue weighted by molar-refractivity contribution is -0.131. The van der Waals surface area contributed by atoms with E-state index in [1.807, 2.05) is 54.7 Å². The highest BCUT2D eigenvalue weighted by molar-refractivity contribution is 5.99. The second kappa shape index (κ2) is 9.09.